The van der Waals surface area contributed by atoms with Crippen LogP contribution < -0.4 is 19.6 Å². The lowest BCUT2D eigenvalue weighted by Gasteiger charge is -2.30. The molecule has 2 heterocycles. The van der Waals surface area contributed by atoms with Crippen LogP contribution in [0.2, 0.25) is 0 Å². The molecule has 0 bridgehead atoms. The number of nitro groups is 1. The topological polar surface area (TPSA) is 86.7 Å². The van der Waals surface area contributed by atoms with Crippen LogP contribution in [0.25, 0.3) is 11.8 Å². The van der Waals surface area contributed by atoms with Gasteiger partial charge in [-0.3, -0.25) is 19.5 Å². The van der Waals surface area contributed by atoms with E-state index in [-0.39, 0.29) is 23.0 Å². The Morgan fingerprint density at radius 3 is 2.69 bits per heavy atom. The number of aromatic nitrogens is 1. The van der Waals surface area contributed by atoms with Crippen LogP contribution >= 0.6 is 11.3 Å². The molecule has 196 valence electrons. The highest BCUT2D eigenvalue weighted by Gasteiger charge is 2.32. The van der Waals surface area contributed by atoms with Gasteiger partial charge in [0, 0.05) is 11.6 Å². The Morgan fingerprint density at radius 1 is 1.10 bits per heavy atom. The lowest BCUT2D eigenvalue weighted by atomic mass is 9.83. The molecule has 8 heteroatoms. The van der Waals surface area contributed by atoms with Crippen LogP contribution in [0.3, 0.4) is 0 Å². The van der Waals surface area contributed by atoms with Crippen molar-refractivity contribution in [2.75, 3.05) is 6.61 Å². The number of hydrogen-bond acceptors (Lipinski definition) is 6. The zero-order chi connectivity index (χ0) is 26.9. The summed E-state index contributed by atoms with van der Waals surface area (Å²) >= 11 is 1.31. The standard InChI is InChI=1S/C31H27N3O4S/c1-2-3-17-38-26-16-13-20(18-25(26)34(36)37)19-27-30(35)33-29(22-10-5-4-6-11-22)24-15-14-21-9-7-8-12-23(21)28(24)32-31(33)39-27/h4-13,16,18-19,29H,2-3,14-15,17H2,1H3/b27-19-/t29-/m1/s1. The first kappa shape index (κ1) is 25.0. The van der Waals surface area contributed by atoms with Crippen LogP contribution in [0.4, 0.5) is 5.69 Å². The molecule has 0 amide bonds. The van der Waals surface area contributed by atoms with Crippen LogP contribution in [0, 0.1) is 10.1 Å². The maximum Gasteiger partial charge on any atom is 0.311 e. The fourth-order valence-electron chi connectivity index (χ4n) is 5.32. The molecule has 0 radical (unpaired) electrons. The molecule has 7 nitrogen and oxygen atoms in total. The number of aryl methyl sites for hydroxylation is 1. The third kappa shape index (κ3) is 4.61. The quantitative estimate of drug-likeness (QED) is 0.179. The van der Waals surface area contributed by atoms with Crippen molar-refractivity contribution in [3.05, 3.63) is 130 Å². The molecule has 3 aromatic carbocycles. The molecule has 2 aliphatic rings. The van der Waals surface area contributed by atoms with E-state index in [0.29, 0.717) is 21.5 Å². The summed E-state index contributed by atoms with van der Waals surface area (Å²) in [5.41, 5.74) is 5.82. The fraction of sp³-hybridized carbons (Fsp3) is 0.226. The maximum absolute atomic E-state index is 13.9. The van der Waals surface area contributed by atoms with Gasteiger partial charge in [-0.1, -0.05) is 85.3 Å². The van der Waals surface area contributed by atoms with Crippen molar-refractivity contribution in [3.63, 3.8) is 0 Å². The highest BCUT2D eigenvalue weighted by atomic mass is 32.1. The van der Waals surface area contributed by atoms with Gasteiger partial charge < -0.3 is 4.74 Å². The average molecular weight is 538 g/mol. The molecule has 1 aliphatic heterocycles. The highest BCUT2D eigenvalue weighted by Crippen LogP contribution is 2.41. The molecule has 4 aromatic rings. The minimum absolute atomic E-state index is 0.109. The normalized spacial score (nSPS) is 16.2. The van der Waals surface area contributed by atoms with Gasteiger partial charge in [0.2, 0.25) is 0 Å². The predicted molar refractivity (Wildman–Crippen MR) is 153 cm³/mol. The van der Waals surface area contributed by atoms with Gasteiger partial charge in [-0.05, 0) is 53.7 Å². The third-order valence-corrected chi connectivity index (χ3v) is 8.20. The van der Waals surface area contributed by atoms with Crippen LogP contribution in [0.5, 0.6) is 5.75 Å². The Labute approximate surface area is 229 Å². The summed E-state index contributed by atoms with van der Waals surface area (Å²) in [6, 6.07) is 23.0. The summed E-state index contributed by atoms with van der Waals surface area (Å²) < 4.78 is 7.91. The molecular formula is C31H27N3O4S. The monoisotopic (exact) mass is 537 g/mol. The number of nitrogens with zero attached hydrogens (tertiary/aromatic N) is 3. The number of fused-ring (bicyclic) bond motifs is 3. The Balaban J connectivity index is 1.50. The predicted octanol–water partition coefficient (Wildman–Crippen LogP) is 5.41. The van der Waals surface area contributed by atoms with Gasteiger partial charge in [0.15, 0.2) is 10.6 Å². The number of allylic oxidation sites excluding steroid dienone is 1. The molecule has 0 N–H and O–H groups in total. The second kappa shape index (κ2) is 10.5. The van der Waals surface area contributed by atoms with E-state index in [9.17, 15) is 14.9 Å². The lowest BCUT2D eigenvalue weighted by Crippen LogP contribution is -2.38. The first-order valence-corrected chi connectivity index (χ1v) is 14.0. The van der Waals surface area contributed by atoms with Gasteiger partial charge >= 0.3 is 5.69 Å². The van der Waals surface area contributed by atoms with Crippen LogP contribution in [-0.4, -0.2) is 16.1 Å². The first-order chi connectivity index (χ1) is 19.0. The van der Waals surface area contributed by atoms with E-state index in [4.69, 9.17) is 9.73 Å². The largest absolute Gasteiger partial charge is 0.487 e. The number of nitro benzene ring substituents is 1. The number of hydrogen-bond donors (Lipinski definition) is 0. The SMILES string of the molecule is CCCCOc1ccc(/C=c2\sc3n(c2=O)[C@H](c2ccccc2)C2=C(N=3)c3ccccc3CC2)cc1[N+](=O)[O-]. The zero-order valence-corrected chi connectivity index (χ0v) is 22.3. The molecule has 0 spiro atoms. The molecule has 1 aliphatic carbocycles. The van der Waals surface area contributed by atoms with Crippen molar-refractivity contribution < 1.29 is 9.66 Å². The molecule has 0 saturated carbocycles. The van der Waals surface area contributed by atoms with Crippen molar-refractivity contribution in [2.24, 2.45) is 4.99 Å². The number of ether oxygens (including phenoxy) is 1. The maximum atomic E-state index is 13.9. The fourth-order valence-corrected chi connectivity index (χ4v) is 6.33. The van der Waals surface area contributed by atoms with Gasteiger partial charge in [-0.2, -0.15) is 0 Å². The summed E-state index contributed by atoms with van der Waals surface area (Å²) in [6.07, 6.45) is 5.19. The van der Waals surface area contributed by atoms with E-state index in [0.717, 1.165) is 48.1 Å². The molecular weight excluding hydrogens is 510 g/mol. The van der Waals surface area contributed by atoms with Crippen LogP contribution in [0.1, 0.15) is 54.5 Å². The van der Waals surface area contributed by atoms with Gasteiger partial charge in [-0.15, -0.1) is 0 Å². The Kier molecular flexibility index (Phi) is 6.70. The van der Waals surface area contributed by atoms with Crippen molar-refractivity contribution in [2.45, 2.75) is 38.6 Å². The van der Waals surface area contributed by atoms with Gasteiger partial charge in [0.25, 0.3) is 5.56 Å². The van der Waals surface area contributed by atoms with Crippen LogP contribution in [0.15, 0.2) is 88.2 Å². The molecule has 0 fully saturated rings. The third-order valence-electron chi connectivity index (χ3n) is 7.22. The molecule has 1 atom stereocenters. The van der Waals surface area contributed by atoms with Gasteiger partial charge in [0.05, 0.1) is 27.8 Å². The van der Waals surface area contributed by atoms with Crippen LogP contribution in [-0.2, 0) is 6.42 Å². The Hall–Kier alpha value is -4.30. The van der Waals surface area contributed by atoms with Crippen molar-refractivity contribution in [1.29, 1.82) is 0 Å². The minimum Gasteiger partial charge on any atom is -0.487 e. The summed E-state index contributed by atoms with van der Waals surface area (Å²) in [5, 5.41) is 11.8. The molecule has 0 saturated heterocycles. The zero-order valence-electron chi connectivity index (χ0n) is 21.5. The van der Waals surface area contributed by atoms with Gasteiger partial charge in [-0.25, -0.2) is 4.99 Å². The van der Waals surface area contributed by atoms with E-state index in [1.54, 1.807) is 22.8 Å². The molecule has 6 rings (SSSR count). The Morgan fingerprint density at radius 2 is 1.90 bits per heavy atom. The Bertz CT molecular complexity index is 1790. The minimum atomic E-state index is -0.443. The van der Waals surface area contributed by atoms with Crippen molar-refractivity contribution in [1.82, 2.24) is 4.57 Å². The lowest BCUT2D eigenvalue weighted by molar-refractivity contribution is -0.385. The summed E-state index contributed by atoms with van der Waals surface area (Å²) in [5.74, 6) is 0.238. The summed E-state index contributed by atoms with van der Waals surface area (Å²) in [6.45, 7) is 2.46. The second-order valence-electron chi connectivity index (χ2n) is 9.71. The van der Waals surface area contributed by atoms with Gasteiger partial charge in [0.1, 0.15) is 0 Å². The van der Waals surface area contributed by atoms with E-state index >= 15 is 0 Å². The molecule has 39 heavy (non-hydrogen) atoms. The summed E-state index contributed by atoms with van der Waals surface area (Å²) in [4.78, 5) is 30.8. The first-order valence-electron chi connectivity index (χ1n) is 13.1. The van der Waals surface area contributed by atoms with E-state index in [2.05, 4.69) is 30.3 Å². The number of thiazole rings is 1. The summed E-state index contributed by atoms with van der Waals surface area (Å²) in [7, 11) is 0. The number of rotatable bonds is 7. The number of unbranched alkanes of at least 4 members (excludes halogenated alkanes) is 1. The van der Waals surface area contributed by atoms with Crippen molar-refractivity contribution in [3.8, 4) is 5.75 Å². The van der Waals surface area contributed by atoms with Crippen molar-refractivity contribution >= 4 is 28.8 Å². The second-order valence-corrected chi connectivity index (χ2v) is 10.7. The highest BCUT2D eigenvalue weighted by molar-refractivity contribution is 7.07. The van der Waals surface area contributed by atoms with E-state index in [1.165, 1.54) is 23.0 Å². The average Bonchev–Trinajstić information content (AvgIpc) is 3.27. The number of benzene rings is 3. The molecule has 0 unspecified atom stereocenters. The van der Waals surface area contributed by atoms with E-state index in [1.807, 2.05) is 31.2 Å². The smallest absolute Gasteiger partial charge is 0.311 e. The molecule has 1 aromatic heterocycles. The van der Waals surface area contributed by atoms with E-state index < -0.39 is 4.92 Å².